The topological polar surface area (TPSA) is 159 Å². The molecule has 0 bridgehead atoms. The molecule has 2 aromatic heterocycles. The molecule has 0 spiro atoms. The van der Waals surface area contributed by atoms with E-state index in [0.717, 1.165) is 27.4 Å². The Hall–Kier alpha value is -5.01. The maximum Gasteiger partial charge on any atom is 0.407 e. The lowest BCUT2D eigenvalue weighted by atomic mass is 9.93. The van der Waals surface area contributed by atoms with Gasteiger partial charge < -0.3 is 35.2 Å². The Bertz CT molecular complexity index is 1700. The quantitative estimate of drug-likeness (QED) is 0.108. The highest BCUT2D eigenvalue weighted by Gasteiger charge is 2.31. The van der Waals surface area contributed by atoms with E-state index in [1.54, 1.807) is 13.1 Å². The third-order valence-corrected chi connectivity index (χ3v) is 9.43. The average Bonchev–Trinajstić information content (AvgIpc) is 3.82. The van der Waals surface area contributed by atoms with Crippen molar-refractivity contribution in [3.63, 3.8) is 0 Å². The number of nitrogens with one attached hydrogen (secondary N) is 3. The summed E-state index contributed by atoms with van der Waals surface area (Å²) in [5.74, 6) is -0.612. The minimum absolute atomic E-state index is 0.0959. The van der Waals surface area contributed by atoms with E-state index in [1.807, 2.05) is 99.8 Å². The van der Waals surface area contributed by atoms with Crippen molar-refractivity contribution < 1.29 is 28.8 Å². The molecule has 0 unspecified atom stereocenters. The van der Waals surface area contributed by atoms with Gasteiger partial charge in [-0.25, -0.2) is 14.6 Å². The first-order valence-electron chi connectivity index (χ1n) is 17.0. The molecule has 0 fully saturated rings. The maximum atomic E-state index is 13.9. The summed E-state index contributed by atoms with van der Waals surface area (Å²) in [5, 5.41) is 27.0. The van der Waals surface area contributed by atoms with Crippen molar-refractivity contribution in [2.24, 2.45) is 5.92 Å². The third-order valence-electron chi connectivity index (χ3n) is 8.40. The van der Waals surface area contributed by atoms with Gasteiger partial charge in [-0.3, -0.25) is 4.79 Å². The van der Waals surface area contributed by atoms with Gasteiger partial charge >= 0.3 is 12.1 Å². The number of rotatable bonds is 17. The van der Waals surface area contributed by atoms with E-state index in [0.29, 0.717) is 18.5 Å². The van der Waals surface area contributed by atoms with Crippen LogP contribution >= 0.6 is 11.3 Å². The lowest BCUT2D eigenvalue weighted by Crippen LogP contribution is -2.55. The largest absolute Gasteiger partial charge is 0.443 e. The van der Waals surface area contributed by atoms with Crippen molar-refractivity contribution in [1.82, 2.24) is 31.0 Å². The van der Waals surface area contributed by atoms with Crippen LogP contribution < -0.4 is 16.0 Å². The number of ether oxygens (including phenoxy) is 1. The second-order valence-corrected chi connectivity index (χ2v) is 13.7. The number of alkyl carbamates (subject to hydrolysis) is 1. The summed E-state index contributed by atoms with van der Waals surface area (Å²) in [6.45, 7) is 7.86. The molecule has 0 saturated carbocycles. The number of aromatic nitrogens is 2. The van der Waals surface area contributed by atoms with Crippen molar-refractivity contribution in [2.45, 2.75) is 84.3 Å². The number of thiazole rings is 1. The summed E-state index contributed by atoms with van der Waals surface area (Å²) in [6.07, 6.45) is 2.42. The molecule has 272 valence electrons. The van der Waals surface area contributed by atoms with Crippen molar-refractivity contribution in [3.8, 4) is 0 Å². The van der Waals surface area contributed by atoms with Gasteiger partial charge in [0.1, 0.15) is 29.6 Å². The van der Waals surface area contributed by atoms with Gasteiger partial charge in [0.05, 0.1) is 24.4 Å². The van der Waals surface area contributed by atoms with Gasteiger partial charge in [-0.1, -0.05) is 85.7 Å². The van der Waals surface area contributed by atoms with Crippen LogP contribution in [0.25, 0.3) is 5.57 Å². The number of hydrogen-bond donors (Lipinski definition) is 4. The molecule has 0 aliphatic heterocycles. The van der Waals surface area contributed by atoms with Crippen LogP contribution in [-0.2, 0) is 35.5 Å². The molecule has 0 aliphatic rings. The number of allylic oxidation sites excluding steroid dienone is 2. The highest BCUT2D eigenvalue weighted by Crippen LogP contribution is 2.20. The number of amides is 4. The van der Waals surface area contributed by atoms with Crippen LogP contribution in [0.4, 0.5) is 9.59 Å². The Morgan fingerprint density at radius 3 is 2.24 bits per heavy atom. The van der Waals surface area contributed by atoms with Crippen LogP contribution in [-0.4, -0.2) is 69.5 Å². The molecule has 4 amide bonds. The number of carbonyl (C=O) groups excluding carboxylic acids is 3. The highest BCUT2D eigenvalue weighted by molar-refractivity contribution is 7.10. The van der Waals surface area contributed by atoms with Crippen LogP contribution in [0.3, 0.4) is 0 Å². The summed E-state index contributed by atoms with van der Waals surface area (Å²) < 4.78 is 10.1. The van der Waals surface area contributed by atoms with E-state index >= 15 is 0 Å². The fourth-order valence-corrected chi connectivity index (χ4v) is 6.26. The predicted octanol–water partition coefficient (Wildman–Crippen LogP) is 5.74. The van der Waals surface area contributed by atoms with Gasteiger partial charge in [0.15, 0.2) is 0 Å². The average molecular weight is 717 g/mol. The summed E-state index contributed by atoms with van der Waals surface area (Å²) in [6, 6.07) is 18.2. The Morgan fingerprint density at radius 1 is 0.961 bits per heavy atom. The first-order chi connectivity index (χ1) is 24.5. The summed E-state index contributed by atoms with van der Waals surface area (Å²) in [7, 11) is 1.66. The van der Waals surface area contributed by atoms with Gasteiger partial charge in [-0.15, -0.1) is 11.3 Å². The number of benzene rings is 2. The number of aliphatic hydroxyl groups is 1. The molecule has 4 rings (SSSR count). The van der Waals surface area contributed by atoms with Crippen LogP contribution in [0, 0.1) is 5.92 Å². The summed E-state index contributed by atoms with van der Waals surface area (Å²) in [5.41, 5.74) is 4.13. The van der Waals surface area contributed by atoms with Crippen LogP contribution in [0.2, 0.25) is 0 Å². The SMILES string of the molecule is CC=C(C)c1nc(CN(C)C(=O)N[C@H](C(=O)N[C@@H](Cc2ccccc2)C[C@H](O)[C@H](Cc2ccccc2)NC(=O)OCc2ccon2)C(C)C)cs1. The van der Waals surface area contributed by atoms with E-state index in [1.165, 1.54) is 22.5 Å². The molecule has 0 saturated heterocycles. The summed E-state index contributed by atoms with van der Waals surface area (Å²) >= 11 is 1.52. The monoisotopic (exact) mass is 716 g/mol. The van der Waals surface area contributed by atoms with E-state index in [9.17, 15) is 19.5 Å². The fourth-order valence-electron chi connectivity index (χ4n) is 5.41. The number of carbonyl (C=O) groups is 3. The second kappa shape index (κ2) is 19.4. The lowest BCUT2D eigenvalue weighted by Gasteiger charge is -2.30. The van der Waals surface area contributed by atoms with Crippen LogP contribution in [0.1, 0.15) is 61.6 Å². The van der Waals surface area contributed by atoms with E-state index < -0.39 is 36.4 Å². The Morgan fingerprint density at radius 2 is 1.63 bits per heavy atom. The molecule has 2 aromatic carbocycles. The molecule has 0 aliphatic carbocycles. The molecular weight excluding hydrogens is 669 g/mol. The fraction of sp³-hybridized carbons (Fsp3) is 0.395. The second-order valence-electron chi connectivity index (χ2n) is 12.8. The molecule has 51 heavy (non-hydrogen) atoms. The maximum absolute atomic E-state index is 13.9. The van der Waals surface area contributed by atoms with E-state index in [-0.39, 0.29) is 31.4 Å². The van der Waals surface area contributed by atoms with Crippen molar-refractivity contribution >= 4 is 34.9 Å². The van der Waals surface area contributed by atoms with E-state index in [4.69, 9.17) is 9.26 Å². The molecular formula is C38H48N6O6S. The molecule has 4 aromatic rings. The number of urea groups is 1. The standard InChI is InChI=1S/C38H48N6O6S/c1-6-26(4)36-40-31(24-51-36)22-44(5)37(47)42-34(25(2)3)35(46)39-30(19-27-13-9-7-10-14-27)21-33(45)32(20-28-15-11-8-12-16-28)41-38(48)49-23-29-17-18-50-43-29/h6-18,24-25,30,32-34,45H,19-23H2,1-5H3,(H,39,46)(H,41,48)(H,42,47)/t30-,32-,33-,34-/m0/s1. The number of nitrogens with zero attached hydrogens (tertiary/aromatic N) is 3. The first kappa shape index (κ1) is 38.8. The van der Waals surface area contributed by atoms with Gasteiger partial charge in [-0.2, -0.15) is 0 Å². The molecule has 13 heteroatoms. The van der Waals surface area contributed by atoms with Gasteiger partial charge in [0, 0.05) is 24.5 Å². The smallest absolute Gasteiger partial charge is 0.407 e. The molecule has 2 heterocycles. The van der Waals surface area contributed by atoms with E-state index in [2.05, 4.69) is 26.1 Å². The minimum atomic E-state index is -1.08. The summed E-state index contributed by atoms with van der Waals surface area (Å²) in [4.78, 5) is 46.2. The van der Waals surface area contributed by atoms with Gasteiger partial charge in [-0.05, 0) is 55.7 Å². The zero-order valence-electron chi connectivity index (χ0n) is 29.7. The Kier molecular flexibility index (Phi) is 14.8. The lowest BCUT2D eigenvalue weighted by molar-refractivity contribution is -0.124. The van der Waals surface area contributed by atoms with Crippen LogP contribution in [0.5, 0.6) is 0 Å². The predicted molar refractivity (Wildman–Crippen MR) is 197 cm³/mol. The van der Waals surface area contributed by atoms with Crippen molar-refractivity contribution in [1.29, 1.82) is 0 Å². The third kappa shape index (κ3) is 12.4. The van der Waals surface area contributed by atoms with Crippen LogP contribution in [0.15, 0.2) is 89.0 Å². The molecule has 0 radical (unpaired) electrons. The molecule has 12 nitrogen and oxygen atoms in total. The minimum Gasteiger partial charge on any atom is -0.443 e. The number of aliphatic hydroxyl groups excluding tert-OH is 1. The molecule has 4 N–H and O–H groups in total. The van der Waals surface area contributed by atoms with Crippen molar-refractivity contribution in [2.75, 3.05) is 7.05 Å². The van der Waals surface area contributed by atoms with Gasteiger partial charge in [0.25, 0.3) is 0 Å². The van der Waals surface area contributed by atoms with Gasteiger partial charge in [0.2, 0.25) is 5.91 Å². The highest BCUT2D eigenvalue weighted by atomic mass is 32.1. The normalized spacial score (nSPS) is 13.9. The zero-order chi connectivity index (χ0) is 36.8. The Labute approximate surface area is 303 Å². The first-order valence-corrected chi connectivity index (χ1v) is 17.9. The van der Waals surface area contributed by atoms with Crippen molar-refractivity contribution in [3.05, 3.63) is 112 Å². The number of hydrogen-bond acceptors (Lipinski definition) is 9. The Balaban J connectivity index is 1.46. The molecule has 4 atom stereocenters. The zero-order valence-corrected chi connectivity index (χ0v) is 30.6.